The molecule has 0 saturated carbocycles. The van der Waals surface area contributed by atoms with Gasteiger partial charge in [0.05, 0.1) is 5.02 Å². The van der Waals surface area contributed by atoms with E-state index in [1.54, 1.807) is 6.07 Å². The molecule has 0 N–H and O–H groups in total. The van der Waals surface area contributed by atoms with Gasteiger partial charge in [-0.1, -0.05) is 33.6 Å². The molecular formula is C11H14BrClFN. The predicted octanol–water partition coefficient (Wildman–Crippen LogP) is 3.69. The molecule has 0 bridgehead atoms. The monoisotopic (exact) mass is 293 g/mol. The zero-order valence-corrected chi connectivity index (χ0v) is 11.1. The Bertz CT molecular complexity index is 332. The summed E-state index contributed by atoms with van der Waals surface area (Å²) in [5, 5.41) is 1.08. The van der Waals surface area contributed by atoms with Gasteiger partial charge in [0.15, 0.2) is 0 Å². The molecule has 84 valence electrons. The summed E-state index contributed by atoms with van der Waals surface area (Å²) in [7, 11) is 2.01. The predicted molar refractivity (Wildman–Crippen MR) is 66.1 cm³/mol. The number of benzene rings is 1. The Morgan fingerprint density at radius 1 is 1.53 bits per heavy atom. The molecular weight excluding hydrogens is 280 g/mol. The Balaban J connectivity index is 2.68. The third-order valence-electron chi connectivity index (χ3n) is 2.39. The van der Waals surface area contributed by atoms with Crippen LogP contribution in [0.3, 0.4) is 0 Å². The minimum absolute atomic E-state index is 0.176. The second kappa shape index (κ2) is 5.83. The molecule has 0 radical (unpaired) electrons. The van der Waals surface area contributed by atoms with E-state index in [0.717, 1.165) is 17.4 Å². The highest BCUT2D eigenvalue weighted by Crippen LogP contribution is 2.17. The van der Waals surface area contributed by atoms with Crippen LogP contribution in [-0.4, -0.2) is 23.3 Å². The number of nitrogens with zero attached hydrogens (tertiary/aromatic N) is 1. The summed E-state index contributed by atoms with van der Waals surface area (Å²) >= 11 is 9.03. The number of hydrogen-bond donors (Lipinski definition) is 0. The summed E-state index contributed by atoms with van der Waals surface area (Å²) in [5.74, 6) is -0.353. The maximum Gasteiger partial charge on any atom is 0.142 e. The molecule has 1 unspecified atom stereocenters. The second-order valence-corrected chi connectivity index (χ2v) is 4.72. The van der Waals surface area contributed by atoms with E-state index in [-0.39, 0.29) is 10.8 Å². The van der Waals surface area contributed by atoms with Crippen LogP contribution in [0.25, 0.3) is 0 Å². The highest BCUT2D eigenvalue weighted by molar-refractivity contribution is 9.09. The molecule has 0 heterocycles. The van der Waals surface area contributed by atoms with Crippen LogP contribution in [-0.2, 0) is 6.54 Å². The molecule has 1 aromatic carbocycles. The average Bonchev–Trinajstić information content (AvgIpc) is 2.22. The van der Waals surface area contributed by atoms with Gasteiger partial charge in [0, 0.05) is 17.9 Å². The van der Waals surface area contributed by atoms with Crippen molar-refractivity contribution in [3.63, 3.8) is 0 Å². The van der Waals surface area contributed by atoms with E-state index in [1.165, 1.54) is 6.07 Å². The van der Waals surface area contributed by atoms with E-state index in [1.807, 2.05) is 13.1 Å². The quantitative estimate of drug-likeness (QED) is 0.766. The van der Waals surface area contributed by atoms with Crippen LogP contribution < -0.4 is 0 Å². The van der Waals surface area contributed by atoms with Crippen molar-refractivity contribution < 1.29 is 4.39 Å². The lowest BCUT2D eigenvalue weighted by Gasteiger charge is -2.22. The van der Waals surface area contributed by atoms with E-state index in [2.05, 4.69) is 27.8 Å². The van der Waals surface area contributed by atoms with E-state index in [9.17, 15) is 4.39 Å². The van der Waals surface area contributed by atoms with E-state index in [0.29, 0.717) is 6.04 Å². The third kappa shape index (κ3) is 3.74. The molecule has 1 nitrogen and oxygen atoms in total. The highest BCUT2D eigenvalue weighted by Gasteiger charge is 2.09. The van der Waals surface area contributed by atoms with Crippen molar-refractivity contribution in [2.24, 2.45) is 0 Å². The lowest BCUT2D eigenvalue weighted by atomic mass is 10.2. The maximum absolute atomic E-state index is 13.2. The largest absolute Gasteiger partial charge is 0.299 e. The van der Waals surface area contributed by atoms with Gasteiger partial charge in [0.25, 0.3) is 0 Å². The summed E-state index contributed by atoms with van der Waals surface area (Å²) < 4.78 is 13.2. The Kier molecular flexibility index (Phi) is 5.03. The first kappa shape index (κ1) is 12.9. The molecule has 0 aliphatic heterocycles. The fourth-order valence-corrected chi connectivity index (χ4v) is 1.81. The van der Waals surface area contributed by atoms with E-state index in [4.69, 9.17) is 11.6 Å². The van der Waals surface area contributed by atoms with Gasteiger partial charge in [-0.15, -0.1) is 0 Å². The number of alkyl halides is 1. The summed E-state index contributed by atoms with van der Waals surface area (Å²) in [4.78, 5) is 2.15. The smallest absolute Gasteiger partial charge is 0.142 e. The van der Waals surface area contributed by atoms with Gasteiger partial charge in [-0.3, -0.25) is 4.90 Å². The number of rotatable bonds is 4. The molecule has 0 aliphatic carbocycles. The van der Waals surface area contributed by atoms with Crippen molar-refractivity contribution in [1.29, 1.82) is 0 Å². The lowest BCUT2D eigenvalue weighted by Crippen LogP contribution is -2.29. The first-order valence-corrected chi connectivity index (χ1v) is 6.24. The Morgan fingerprint density at radius 3 is 2.73 bits per heavy atom. The molecule has 1 aromatic rings. The number of halogens is 3. The number of hydrogen-bond acceptors (Lipinski definition) is 1. The van der Waals surface area contributed by atoms with Crippen molar-refractivity contribution in [3.05, 3.63) is 34.6 Å². The second-order valence-electron chi connectivity index (χ2n) is 3.67. The first-order valence-electron chi connectivity index (χ1n) is 4.74. The molecule has 0 aromatic heterocycles. The van der Waals surface area contributed by atoms with Crippen LogP contribution in [0.1, 0.15) is 12.5 Å². The third-order valence-corrected chi connectivity index (χ3v) is 3.64. The van der Waals surface area contributed by atoms with E-state index < -0.39 is 0 Å². The van der Waals surface area contributed by atoms with Crippen molar-refractivity contribution in [2.45, 2.75) is 19.5 Å². The van der Waals surface area contributed by atoms with Crippen molar-refractivity contribution >= 4 is 27.5 Å². The summed E-state index contributed by atoms with van der Waals surface area (Å²) in [6.07, 6.45) is 0. The topological polar surface area (TPSA) is 3.24 Å². The van der Waals surface area contributed by atoms with Gasteiger partial charge in [-0.05, 0) is 31.7 Å². The highest BCUT2D eigenvalue weighted by atomic mass is 79.9. The molecule has 0 aliphatic rings. The molecule has 1 atom stereocenters. The molecule has 0 saturated heterocycles. The Labute approximate surface area is 103 Å². The molecule has 0 spiro atoms. The van der Waals surface area contributed by atoms with Crippen LogP contribution in [0.4, 0.5) is 4.39 Å². The van der Waals surface area contributed by atoms with Gasteiger partial charge < -0.3 is 0 Å². The standard InChI is InChI=1S/C11H14BrClFN/c1-8(6-12)15(2)7-9-3-4-10(13)11(14)5-9/h3-5,8H,6-7H2,1-2H3. The zero-order valence-electron chi connectivity index (χ0n) is 8.80. The summed E-state index contributed by atoms with van der Waals surface area (Å²) in [6.45, 7) is 2.84. The van der Waals surface area contributed by atoms with Crippen molar-refractivity contribution in [1.82, 2.24) is 4.90 Å². The lowest BCUT2D eigenvalue weighted by molar-refractivity contribution is 0.270. The van der Waals surface area contributed by atoms with Gasteiger partial charge >= 0.3 is 0 Å². The van der Waals surface area contributed by atoms with Gasteiger partial charge in [0.2, 0.25) is 0 Å². The van der Waals surface area contributed by atoms with Gasteiger partial charge in [-0.2, -0.15) is 0 Å². The maximum atomic E-state index is 13.2. The summed E-state index contributed by atoms with van der Waals surface area (Å²) in [6, 6.07) is 5.35. The van der Waals surface area contributed by atoms with Gasteiger partial charge in [-0.25, -0.2) is 4.39 Å². The minimum atomic E-state index is -0.353. The van der Waals surface area contributed by atoms with Crippen LogP contribution >= 0.6 is 27.5 Å². The fraction of sp³-hybridized carbons (Fsp3) is 0.455. The molecule has 0 amide bonds. The van der Waals surface area contributed by atoms with E-state index >= 15 is 0 Å². The summed E-state index contributed by atoms with van der Waals surface area (Å²) in [5.41, 5.74) is 0.937. The normalized spacial score (nSPS) is 13.2. The Hall–Kier alpha value is -0.120. The van der Waals surface area contributed by atoms with Crippen LogP contribution in [0, 0.1) is 5.82 Å². The fourth-order valence-electron chi connectivity index (χ4n) is 1.20. The molecule has 4 heteroatoms. The average molecular weight is 295 g/mol. The van der Waals surface area contributed by atoms with Crippen LogP contribution in [0.15, 0.2) is 18.2 Å². The SMILES string of the molecule is CC(CBr)N(C)Cc1ccc(Cl)c(F)c1. The zero-order chi connectivity index (χ0) is 11.4. The Morgan fingerprint density at radius 2 is 2.20 bits per heavy atom. The minimum Gasteiger partial charge on any atom is -0.299 e. The van der Waals surface area contributed by atoms with Crippen molar-refractivity contribution in [3.8, 4) is 0 Å². The molecule has 0 fully saturated rings. The van der Waals surface area contributed by atoms with Crippen molar-refractivity contribution in [2.75, 3.05) is 12.4 Å². The van der Waals surface area contributed by atoms with Crippen LogP contribution in [0.2, 0.25) is 5.02 Å². The first-order chi connectivity index (χ1) is 7.04. The van der Waals surface area contributed by atoms with Gasteiger partial charge in [0.1, 0.15) is 5.82 Å². The van der Waals surface area contributed by atoms with Crippen LogP contribution in [0.5, 0.6) is 0 Å². The molecule has 15 heavy (non-hydrogen) atoms. The molecule has 1 rings (SSSR count).